The fraction of sp³-hybridized carbons (Fsp3) is 0.182. The van der Waals surface area contributed by atoms with Gasteiger partial charge < -0.3 is 9.47 Å². The second-order valence-corrected chi connectivity index (χ2v) is 7.77. The zero-order chi connectivity index (χ0) is 26.3. The van der Waals surface area contributed by atoms with E-state index in [4.69, 9.17) is 9.47 Å². The number of ketones is 4. The first-order valence-electron chi connectivity index (χ1n) is 10.1. The van der Waals surface area contributed by atoms with Gasteiger partial charge in [-0.2, -0.15) is 0 Å². The summed E-state index contributed by atoms with van der Waals surface area (Å²) in [5, 5.41) is 22.1. The third-order valence-electron chi connectivity index (χ3n) is 5.68. The Kier molecular flexibility index (Phi) is 5.93. The third-order valence-corrected chi connectivity index (χ3v) is 5.68. The number of nitrogens with zero attached hydrogens (tertiary/aromatic N) is 2. The van der Waals surface area contributed by atoms with Crippen molar-refractivity contribution in [3.63, 3.8) is 0 Å². The van der Waals surface area contributed by atoms with E-state index < -0.39 is 80.3 Å². The standard InChI is InChI=1S/C22H12N2O12/c25-15(9-3-1-5-11(7-9)23(31)32)13-17(27)21(29)35-19(13)20-14(18(28)22(30)36-20)16(26)10-4-2-6-12(8-10)24(33)34/h1-8,13-14,19-20H/t13-,14+,19-,20-/m0/s1. The number of nitro benzene ring substituents is 2. The molecular weight excluding hydrogens is 484 g/mol. The number of hydrogen-bond acceptors (Lipinski definition) is 12. The Balaban J connectivity index is 1.73. The van der Waals surface area contributed by atoms with E-state index in [1.807, 2.05) is 0 Å². The van der Waals surface area contributed by atoms with Crippen molar-refractivity contribution in [3.05, 3.63) is 79.9 Å². The van der Waals surface area contributed by atoms with Gasteiger partial charge in [0.2, 0.25) is 0 Å². The smallest absolute Gasteiger partial charge is 0.376 e. The van der Waals surface area contributed by atoms with Crippen LogP contribution in [0, 0.1) is 32.1 Å². The van der Waals surface area contributed by atoms with E-state index in [1.54, 1.807) is 0 Å². The van der Waals surface area contributed by atoms with Gasteiger partial charge in [0.05, 0.1) is 9.85 Å². The monoisotopic (exact) mass is 496 g/mol. The predicted molar refractivity (Wildman–Crippen MR) is 112 cm³/mol. The lowest BCUT2D eigenvalue weighted by Gasteiger charge is -2.23. The van der Waals surface area contributed by atoms with E-state index in [2.05, 4.69) is 0 Å². The molecule has 0 saturated carbocycles. The summed E-state index contributed by atoms with van der Waals surface area (Å²) in [6.07, 6.45) is -3.81. The van der Waals surface area contributed by atoms with Gasteiger partial charge in [0.15, 0.2) is 23.8 Å². The number of Topliss-reactive ketones (excluding diaryl/α,β-unsaturated/α-hetero) is 4. The lowest BCUT2D eigenvalue weighted by molar-refractivity contribution is -0.385. The van der Waals surface area contributed by atoms with Crippen molar-refractivity contribution >= 4 is 46.4 Å². The van der Waals surface area contributed by atoms with E-state index in [0.717, 1.165) is 48.5 Å². The van der Waals surface area contributed by atoms with E-state index >= 15 is 0 Å². The number of carbonyl (C=O) groups is 6. The number of benzene rings is 2. The highest BCUT2D eigenvalue weighted by atomic mass is 16.6. The normalized spacial score (nSPS) is 23.2. The number of esters is 2. The van der Waals surface area contributed by atoms with Crippen LogP contribution in [0.25, 0.3) is 0 Å². The Hall–Kier alpha value is -5.14. The Bertz CT molecular complexity index is 1290. The van der Waals surface area contributed by atoms with Gasteiger partial charge in [-0.05, 0) is 0 Å². The van der Waals surface area contributed by atoms with Crippen LogP contribution >= 0.6 is 0 Å². The lowest BCUT2D eigenvalue weighted by Crippen LogP contribution is -2.44. The zero-order valence-corrected chi connectivity index (χ0v) is 17.7. The summed E-state index contributed by atoms with van der Waals surface area (Å²) in [5.74, 6) is -11.9. The summed E-state index contributed by atoms with van der Waals surface area (Å²) in [6.45, 7) is 0. The summed E-state index contributed by atoms with van der Waals surface area (Å²) in [4.78, 5) is 95.9. The second kappa shape index (κ2) is 8.90. The molecule has 0 spiro atoms. The molecule has 0 aliphatic carbocycles. The molecule has 0 aromatic heterocycles. The minimum absolute atomic E-state index is 0.344. The Morgan fingerprint density at radius 3 is 1.36 bits per heavy atom. The van der Waals surface area contributed by atoms with Gasteiger partial charge in [0, 0.05) is 35.4 Å². The first kappa shape index (κ1) is 24.0. The van der Waals surface area contributed by atoms with Crippen LogP contribution < -0.4 is 0 Å². The largest absolute Gasteiger partial charge is 0.451 e. The maximum Gasteiger partial charge on any atom is 0.376 e. The van der Waals surface area contributed by atoms with Gasteiger partial charge in [-0.1, -0.05) is 24.3 Å². The second-order valence-electron chi connectivity index (χ2n) is 7.77. The highest BCUT2D eigenvalue weighted by Gasteiger charge is 2.60. The minimum atomic E-state index is -1.98. The highest BCUT2D eigenvalue weighted by Crippen LogP contribution is 2.36. The summed E-state index contributed by atoms with van der Waals surface area (Å²) < 4.78 is 9.86. The number of rotatable bonds is 7. The molecule has 0 bridgehead atoms. The average molecular weight is 496 g/mol. The molecule has 0 radical (unpaired) electrons. The topological polar surface area (TPSA) is 207 Å². The van der Waals surface area contributed by atoms with Crippen LogP contribution in [-0.4, -0.2) is 57.1 Å². The number of non-ortho nitro benzene ring substituents is 2. The van der Waals surface area contributed by atoms with Gasteiger partial charge in [0.1, 0.15) is 11.8 Å². The Morgan fingerprint density at radius 2 is 1.03 bits per heavy atom. The molecular formula is C22H12N2O12. The maximum atomic E-state index is 13.1. The van der Waals surface area contributed by atoms with Gasteiger partial charge in [0.25, 0.3) is 22.9 Å². The molecule has 0 amide bonds. The van der Waals surface area contributed by atoms with Crippen molar-refractivity contribution < 1.29 is 48.1 Å². The van der Waals surface area contributed by atoms with Crippen molar-refractivity contribution in [2.75, 3.05) is 0 Å². The van der Waals surface area contributed by atoms with E-state index in [1.165, 1.54) is 0 Å². The Labute approximate surface area is 199 Å². The SMILES string of the molecule is O=C1O[C@H]([C@H]2OC(=O)C(=O)[C@H]2C(=O)c2cccc([N+](=O)[O-])c2)[C@@H](C(=O)c2cccc([N+](=O)[O-])c2)C1=O. The molecule has 2 saturated heterocycles. The summed E-state index contributed by atoms with van der Waals surface area (Å²) in [7, 11) is 0. The Morgan fingerprint density at radius 1 is 0.667 bits per heavy atom. The molecule has 0 unspecified atom stereocenters. The molecule has 14 nitrogen and oxygen atoms in total. The van der Waals surface area contributed by atoms with Crippen LogP contribution in [-0.2, 0) is 28.7 Å². The van der Waals surface area contributed by atoms with Crippen molar-refractivity contribution in [3.8, 4) is 0 Å². The van der Waals surface area contributed by atoms with Crippen molar-refractivity contribution in [1.82, 2.24) is 0 Å². The van der Waals surface area contributed by atoms with E-state index in [9.17, 15) is 49.0 Å². The van der Waals surface area contributed by atoms with Crippen LogP contribution in [0.4, 0.5) is 11.4 Å². The molecule has 36 heavy (non-hydrogen) atoms. The first-order chi connectivity index (χ1) is 17.0. The molecule has 2 aromatic rings. The van der Waals surface area contributed by atoms with Crippen molar-refractivity contribution in [2.24, 2.45) is 11.8 Å². The molecule has 2 fully saturated rings. The number of ether oxygens (including phenoxy) is 2. The molecule has 182 valence electrons. The molecule has 14 heteroatoms. The molecule has 2 aliphatic rings. The number of cyclic esters (lactones) is 2. The fourth-order valence-corrected chi connectivity index (χ4v) is 4.01. The number of nitro groups is 2. The number of carbonyl (C=O) groups excluding carboxylic acids is 6. The lowest BCUT2D eigenvalue weighted by atomic mass is 9.81. The van der Waals surface area contributed by atoms with Crippen LogP contribution in [0.2, 0.25) is 0 Å². The highest BCUT2D eigenvalue weighted by molar-refractivity contribution is 6.43. The summed E-state index contributed by atoms with van der Waals surface area (Å²) in [6, 6.07) is 8.47. The van der Waals surface area contributed by atoms with Crippen LogP contribution in [0.1, 0.15) is 20.7 Å². The van der Waals surface area contributed by atoms with Gasteiger partial charge in [-0.3, -0.25) is 39.4 Å². The molecule has 2 aliphatic heterocycles. The minimum Gasteiger partial charge on any atom is -0.451 e. The molecule has 4 rings (SSSR count). The van der Waals surface area contributed by atoms with E-state index in [0.29, 0.717) is 0 Å². The van der Waals surface area contributed by atoms with E-state index in [-0.39, 0.29) is 11.1 Å². The van der Waals surface area contributed by atoms with Crippen LogP contribution in [0.15, 0.2) is 48.5 Å². The quantitative estimate of drug-likeness (QED) is 0.130. The molecule has 2 aromatic carbocycles. The average Bonchev–Trinajstić information content (AvgIpc) is 3.32. The molecule has 0 N–H and O–H groups in total. The number of hydrogen-bond donors (Lipinski definition) is 0. The third kappa shape index (κ3) is 4.00. The summed E-state index contributed by atoms with van der Waals surface area (Å²) >= 11 is 0. The predicted octanol–water partition coefficient (Wildman–Crippen LogP) is 0.790. The maximum absolute atomic E-state index is 13.1. The zero-order valence-electron chi connectivity index (χ0n) is 17.7. The van der Waals surface area contributed by atoms with Crippen LogP contribution in [0.5, 0.6) is 0 Å². The van der Waals surface area contributed by atoms with Gasteiger partial charge >= 0.3 is 11.9 Å². The summed E-state index contributed by atoms with van der Waals surface area (Å²) in [5.41, 5.74) is -1.67. The van der Waals surface area contributed by atoms with Gasteiger partial charge in [-0.25, -0.2) is 9.59 Å². The van der Waals surface area contributed by atoms with Gasteiger partial charge in [-0.15, -0.1) is 0 Å². The molecule has 4 atom stereocenters. The van der Waals surface area contributed by atoms with Crippen LogP contribution in [0.3, 0.4) is 0 Å². The fourth-order valence-electron chi connectivity index (χ4n) is 4.01. The first-order valence-corrected chi connectivity index (χ1v) is 10.1. The van der Waals surface area contributed by atoms with Crippen molar-refractivity contribution in [2.45, 2.75) is 12.2 Å². The molecule has 2 heterocycles. The van der Waals surface area contributed by atoms with Crippen molar-refractivity contribution in [1.29, 1.82) is 0 Å².